The van der Waals surface area contributed by atoms with E-state index < -0.39 is 6.10 Å². The van der Waals surface area contributed by atoms with E-state index in [-0.39, 0.29) is 11.5 Å². The first-order valence-electron chi connectivity index (χ1n) is 10.5. The van der Waals surface area contributed by atoms with Crippen LogP contribution in [0.25, 0.3) is 0 Å². The first-order chi connectivity index (χ1) is 14.5. The van der Waals surface area contributed by atoms with Crippen LogP contribution in [-0.2, 0) is 19.5 Å². The van der Waals surface area contributed by atoms with Gasteiger partial charge in [-0.3, -0.25) is 14.5 Å². The van der Waals surface area contributed by atoms with Gasteiger partial charge in [0.2, 0.25) is 0 Å². The van der Waals surface area contributed by atoms with E-state index in [1.165, 1.54) is 23.6 Å². The van der Waals surface area contributed by atoms with E-state index in [0.29, 0.717) is 43.8 Å². The normalized spacial score (nSPS) is 20.0. The zero-order valence-corrected chi connectivity index (χ0v) is 18.4. The van der Waals surface area contributed by atoms with Crippen molar-refractivity contribution in [3.05, 3.63) is 49.6 Å². The lowest BCUT2D eigenvalue weighted by Crippen LogP contribution is -2.43. The largest absolute Gasteiger partial charge is 0.496 e. The molecule has 30 heavy (non-hydrogen) atoms. The second-order valence-electron chi connectivity index (χ2n) is 8.12. The highest BCUT2D eigenvalue weighted by Gasteiger charge is 2.30. The molecule has 7 nitrogen and oxygen atoms in total. The predicted octanol–water partition coefficient (Wildman–Crippen LogP) is 1.88. The summed E-state index contributed by atoms with van der Waals surface area (Å²) in [7, 11) is 1.50. The van der Waals surface area contributed by atoms with Crippen molar-refractivity contribution in [2.45, 2.75) is 45.4 Å². The first-order valence-corrected chi connectivity index (χ1v) is 11.4. The van der Waals surface area contributed by atoms with Crippen molar-refractivity contribution in [1.29, 1.82) is 0 Å². The number of methoxy groups -OCH3 is 1. The number of β-amino-alcohol motifs (C(OH)–C–C–N with tert-alkyl or cyclic N) is 1. The number of amides is 1. The van der Waals surface area contributed by atoms with E-state index in [9.17, 15) is 14.7 Å². The molecule has 0 aromatic carbocycles. The molecule has 0 saturated carbocycles. The van der Waals surface area contributed by atoms with Crippen molar-refractivity contribution in [1.82, 2.24) is 14.4 Å². The van der Waals surface area contributed by atoms with Gasteiger partial charge in [-0.2, -0.15) is 0 Å². The number of fused-ring (bicyclic) bond motifs is 1. The van der Waals surface area contributed by atoms with Crippen LogP contribution in [0, 0.1) is 6.92 Å². The van der Waals surface area contributed by atoms with Crippen LogP contribution in [0.5, 0.6) is 5.75 Å². The predicted molar refractivity (Wildman–Crippen MR) is 116 cm³/mol. The summed E-state index contributed by atoms with van der Waals surface area (Å²) < 4.78 is 7.20. The number of piperidine rings is 1. The molecule has 162 valence electrons. The third-order valence-electron chi connectivity index (χ3n) is 6.14. The van der Waals surface area contributed by atoms with Crippen molar-refractivity contribution in [3.8, 4) is 5.75 Å². The summed E-state index contributed by atoms with van der Waals surface area (Å²) in [6, 6.07) is 3.56. The molecule has 1 amide bonds. The SMILES string of the molecule is COc1cc(=O)n2c(c1C(=O)N1CCCC(O)C1)CCN(Cc1sccc1C)CC2. The minimum Gasteiger partial charge on any atom is -0.496 e. The topological polar surface area (TPSA) is 75.0 Å². The Labute approximate surface area is 180 Å². The molecular formula is C22H29N3O4S. The molecule has 1 fully saturated rings. The maximum atomic E-state index is 13.4. The number of aromatic nitrogens is 1. The highest BCUT2D eigenvalue weighted by molar-refractivity contribution is 7.10. The monoisotopic (exact) mass is 431 g/mol. The summed E-state index contributed by atoms with van der Waals surface area (Å²) in [6.07, 6.45) is 1.60. The molecule has 0 bridgehead atoms. The van der Waals surface area contributed by atoms with Crippen molar-refractivity contribution in [2.75, 3.05) is 33.3 Å². The molecule has 4 heterocycles. The van der Waals surface area contributed by atoms with Gasteiger partial charge >= 0.3 is 0 Å². The Morgan fingerprint density at radius 3 is 2.83 bits per heavy atom. The summed E-state index contributed by atoms with van der Waals surface area (Å²) >= 11 is 1.76. The average molecular weight is 432 g/mol. The van der Waals surface area contributed by atoms with Gasteiger partial charge in [-0.1, -0.05) is 0 Å². The number of hydrogen-bond acceptors (Lipinski definition) is 6. The summed E-state index contributed by atoms with van der Waals surface area (Å²) in [5.41, 5.74) is 2.38. The zero-order chi connectivity index (χ0) is 21.3. The molecular weight excluding hydrogens is 402 g/mol. The lowest BCUT2D eigenvalue weighted by molar-refractivity contribution is 0.0469. The quantitative estimate of drug-likeness (QED) is 0.800. The van der Waals surface area contributed by atoms with Crippen molar-refractivity contribution < 1.29 is 14.6 Å². The standard InChI is InChI=1S/C22H29N3O4S/c1-15-6-11-30-19(15)14-23-8-5-17-21(22(28)24-7-3-4-16(26)13-24)18(29-2)12-20(27)25(17)10-9-23/h6,11-12,16,26H,3-5,7-10,13-14H2,1-2H3. The van der Waals surface area contributed by atoms with Crippen molar-refractivity contribution >= 4 is 17.2 Å². The van der Waals surface area contributed by atoms with Crippen molar-refractivity contribution in [3.63, 3.8) is 0 Å². The maximum absolute atomic E-state index is 13.4. The van der Waals surface area contributed by atoms with E-state index in [0.717, 1.165) is 31.7 Å². The smallest absolute Gasteiger partial charge is 0.259 e. The lowest BCUT2D eigenvalue weighted by Gasteiger charge is -2.31. The molecule has 1 atom stereocenters. The number of thiophene rings is 1. The minimum atomic E-state index is -0.497. The van der Waals surface area contributed by atoms with Gasteiger partial charge in [-0.15, -0.1) is 11.3 Å². The fourth-order valence-corrected chi connectivity index (χ4v) is 5.36. The van der Waals surface area contributed by atoms with Crippen LogP contribution in [0.3, 0.4) is 0 Å². The molecule has 4 rings (SSSR count). The molecule has 2 aromatic heterocycles. The van der Waals surface area contributed by atoms with Gasteiger partial charge in [0.25, 0.3) is 11.5 Å². The van der Waals surface area contributed by atoms with Gasteiger partial charge in [0.15, 0.2) is 0 Å². The lowest BCUT2D eigenvalue weighted by atomic mass is 10.0. The second kappa shape index (κ2) is 8.91. The maximum Gasteiger partial charge on any atom is 0.259 e. The molecule has 2 aliphatic heterocycles. The fraction of sp³-hybridized carbons (Fsp3) is 0.545. The summed E-state index contributed by atoms with van der Waals surface area (Å²) in [5, 5.41) is 12.1. The van der Waals surface area contributed by atoms with E-state index in [4.69, 9.17) is 4.74 Å². The molecule has 1 unspecified atom stereocenters. The Morgan fingerprint density at radius 2 is 2.13 bits per heavy atom. The Hall–Kier alpha value is -2.16. The van der Waals surface area contributed by atoms with Crippen LogP contribution in [0.4, 0.5) is 0 Å². The number of carbonyl (C=O) groups excluding carboxylic acids is 1. The number of ether oxygens (including phenoxy) is 1. The number of aliphatic hydroxyl groups excluding tert-OH is 1. The van der Waals surface area contributed by atoms with E-state index in [1.807, 2.05) is 0 Å². The Kier molecular flexibility index (Phi) is 6.26. The number of likely N-dealkylation sites (tertiary alicyclic amines) is 1. The molecule has 2 aliphatic rings. The summed E-state index contributed by atoms with van der Waals surface area (Å²) in [5.74, 6) is 0.177. The highest BCUT2D eigenvalue weighted by atomic mass is 32.1. The van der Waals surface area contributed by atoms with Crippen LogP contribution in [0.1, 0.15) is 39.3 Å². The third-order valence-corrected chi connectivity index (χ3v) is 7.15. The first kappa shape index (κ1) is 21.1. The van der Waals surface area contributed by atoms with E-state index in [2.05, 4.69) is 23.3 Å². The van der Waals surface area contributed by atoms with Crippen LogP contribution >= 0.6 is 11.3 Å². The summed E-state index contributed by atoms with van der Waals surface area (Å²) in [6.45, 7) is 5.99. The number of hydrogen-bond donors (Lipinski definition) is 1. The highest BCUT2D eigenvalue weighted by Crippen LogP contribution is 2.27. The molecule has 8 heteroatoms. The van der Waals surface area contributed by atoms with Gasteiger partial charge in [0, 0.05) is 62.3 Å². The van der Waals surface area contributed by atoms with Gasteiger partial charge < -0.3 is 19.3 Å². The second-order valence-corrected chi connectivity index (χ2v) is 9.13. The Balaban J connectivity index is 1.64. The number of pyridine rings is 1. The Bertz CT molecular complexity index is 983. The van der Waals surface area contributed by atoms with Gasteiger partial charge in [0.1, 0.15) is 11.3 Å². The minimum absolute atomic E-state index is 0.133. The molecule has 1 N–H and O–H groups in total. The number of rotatable bonds is 4. The summed E-state index contributed by atoms with van der Waals surface area (Å²) in [4.78, 5) is 31.6. The van der Waals surface area contributed by atoms with Gasteiger partial charge in [0.05, 0.1) is 13.2 Å². The van der Waals surface area contributed by atoms with Crippen LogP contribution in [-0.4, -0.2) is 64.8 Å². The van der Waals surface area contributed by atoms with E-state index in [1.54, 1.807) is 20.8 Å². The van der Waals surface area contributed by atoms with Crippen LogP contribution < -0.4 is 10.3 Å². The van der Waals surface area contributed by atoms with Crippen LogP contribution in [0.15, 0.2) is 22.3 Å². The number of carbonyl (C=O) groups is 1. The number of aliphatic hydroxyl groups is 1. The van der Waals surface area contributed by atoms with Crippen molar-refractivity contribution in [2.24, 2.45) is 0 Å². The van der Waals surface area contributed by atoms with Gasteiger partial charge in [-0.05, 0) is 36.8 Å². The molecule has 0 aliphatic carbocycles. The third kappa shape index (κ3) is 4.17. The Morgan fingerprint density at radius 1 is 1.30 bits per heavy atom. The molecule has 2 aromatic rings. The zero-order valence-electron chi connectivity index (χ0n) is 17.6. The number of aryl methyl sites for hydroxylation is 1. The van der Waals surface area contributed by atoms with Gasteiger partial charge in [-0.25, -0.2) is 0 Å². The van der Waals surface area contributed by atoms with E-state index >= 15 is 0 Å². The molecule has 0 spiro atoms. The van der Waals surface area contributed by atoms with Crippen LogP contribution in [0.2, 0.25) is 0 Å². The molecule has 1 saturated heterocycles. The number of nitrogens with zero attached hydrogens (tertiary/aromatic N) is 3. The molecule has 0 radical (unpaired) electrons. The average Bonchev–Trinajstić information content (AvgIpc) is 3.01. The fourth-order valence-electron chi connectivity index (χ4n) is 4.41.